The molecule has 1 amide bonds. The minimum absolute atomic E-state index is 0.118. The summed E-state index contributed by atoms with van der Waals surface area (Å²) >= 11 is 0. The minimum atomic E-state index is -1.52. The van der Waals surface area contributed by atoms with E-state index in [-0.39, 0.29) is 17.7 Å². The Bertz CT molecular complexity index is 727. The Kier molecular flexibility index (Phi) is 6.89. The molecule has 2 aliphatic heterocycles. The van der Waals surface area contributed by atoms with Crippen LogP contribution in [0.1, 0.15) is 45.1 Å². The normalized spacial score (nSPS) is 25.8. The van der Waals surface area contributed by atoms with Crippen molar-refractivity contribution >= 4 is 14.2 Å². The molecule has 160 valence electrons. The van der Waals surface area contributed by atoms with Crippen molar-refractivity contribution in [3.63, 3.8) is 0 Å². The quantitative estimate of drug-likeness (QED) is 0.378. The SMILES string of the molecule is C[C@@H](C=C(C[C@]1(C)OC(=O)N2CCC[C@H]21)[Si](C)(C)C)CCOCc1ccccc1. The van der Waals surface area contributed by atoms with E-state index in [9.17, 15) is 4.79 Å². The molecular weight excluding hydrogens is 378 g/mol. The Morgan fingerprint density at radius 2 is 2.07 bits per heavy atom. The Morgan fingerprint density at radius 1 is 1.34 bits per heavy atom. The highest BCUT2D eigenvalue weighted by molar-refractivity contribution is 6.83. The lowest BCUT2D eigenvalue weighted by Gasteiger charge is -2.33. The number of carbonyl (C=O) groups is 1. The number of cyclic esters (lactones) is 1. The molecule has 2 aliphatic rings. The monoisotopic (exact) mass is 415 g/mol. The van der Waals surface area contributed by atoms with Crippen LogP contribution in [0.4, 0.5) is 4.79 Å². The molecular formula is C24H37NO3Si. The van der Waals surface area contributed by atoms with Gasteiger partial charge in [-0.3, -0.25) is 0 Å². The molecule has 3 atom stereocenters. The van der Waals surface area contributed by atoms with Crippen molar-refractivity contribution < 1.29 is 14.3 Å². The van der Waals surface area contributed by atoms with Gasteiger partial charge in [0.25, 0.3) is 0 Å². The molecule has 1 aromatic rings. The molecule has 0 spiro atoms. The highest BCUT2D eigenvalue weighted by atomic mass is 28.3. The third-order valence-electron chi connectivity index (χ3n) is 6.33. The van der Waals surface area contributed by atoms with E-state index < -0.39 is 8.07 Å². The van der Waals surface area contributed by atoms with Crippen LogP contribution in [0.5, 0.6) is 0 Å². The topological polar surface area (TPSA) is 38.8 Å². The van der Waals surface area contributed by atoms with Crippen molar-refractivity contribution in [3.8, 4) is 0 Å². The van der Waals surface area contributed by atoms with E-state index in [1.54, 1.807) is 0 Å². The van der Waals surface area contributed by atoms with Crippen LogP contribution >= 0.6 is 0 Å². The molecule has 0 bridgehead atoms. The predicted octanol–water partition coefficient (Wildman–Crippen LogP) is 5.80. The summed E-state index contributed by atoms with van der Waals surface area (Å²) < 4.78 is 11.8. The van der Waals surface area contributed by atoms with Crippen LogP contribution in [0.15, 0.2) is 41.6 Å². The first-order chi connectivity index (χ1) is 13.7. The Labute approximate surface area is 177 Å². The zero-order valence-corrected chi connectivity index (χ0v) is 19.7. The Balaban J connectivity index is 1.59. The van der Waals surface area contributed by atoms with E-state index in [0.717, 1.165) is 38.8 Å². The number of fused-ring (bicyclic) bond motifs is 1. The van der Waals surface area contributed by atoms with Gasteiger partial charge in [0.05, 0.1) is 20.7 Å². The molecule has 1 aromatic carbocycles. The lowest BCUT2D eigenvalue weighted by Crippen LogP contribution is -2.42. The summed E-state index contributed by atoms with van der Waals surface area (Å²) in [5, 5.41) is 1.51. The fraction of sp³-hybridized carbons (Fsp3) is 0.625. The average molecular weight is 416 g/mol. The van der Waals surface area contributed by atoms with Gasteiger partial charge in [-0.05, 0) is 37.7 Å². The van der Waals surface area contributed by atoms with Gasteiger partial charge in [0, 0.05) is 19.6 Å². The Hall–Kier alpha value is -1.59. The summed E-state index contributed by atoms with van der Waals surface area (Å²) in [4.78, 5) is 14.2. The number of carbonyl (C=O) groups excluding carboxylic acids is 1. The summed E-state index contributed by atoms with van der Waals surface area (Å²) in [6, 6.07) is 10.6. The first-order valence-corrected chi connectivity index (χ1v) is 14.5. The van der Waals surface area contributed by atoms with Crippen LogP contribution in [-0.4, -0.2) is 43.9 Å². The average Bonchev–Trinajstić information content (AvgIpc) is 3.23. The van der Waals surface area contributed by atoms with Gasteiger partial charge in [0.15, 0.2) is 0 Å². The lowest BCUT2D eigenvalue weighted by atomic mass is 9.90. The number of ether oxygens (including phenoxy) is 2. The zero-order valence-electron chi connectivity index (χ0n) is 18.7. The number of amides is 1. The van der Waals surface area contributed by atoms with Gasteiger partial charge in [-0.1, -0.05) is 68.2 Å². The summed E-state index contributed by atoms with van der Waals surface area (Å²) in [5.41, 5.74) is 0.832. The molecule has 5 heteroatoms. The number of rotatable bonds is 9. The maximum Gasteiger partial charge on any atom is 0.410 e. The smallest absolute Gasteiger partial charge is 0.410 e. The van der Waals surface area contributed by atoms with Gasteiger partial charge in [-0.25, -0.2) is 4.79 Å². The number of benzene rings is 1. The first-order valence-electron chi connectivity index (χ1n) is 11.0. The van der Waals surface area contributed by atoms with E-state index in [1.165, 1.54) is 10.8 Å². The van der Waals surface area contributed by atoms with Crippen molar-refractivity contribution in [3.05, 3.63) is 47.2 Å². The van der Waals surface area contributed by atoms with E-state index in [0.29, 0.717) is 12.5 Å². The fourth-order valence-corrected chi connectivity index (χ4v) is 6.18. The molecule has 0 aliphatic carbocycles. The summed E-state index contributed by atoms with van der Waals surface area (Å²) in [6.45, 7) is 13.9. The molecule has 29 heavy (non-hydrogen) atoms. The molecule has 0 N–H and O–H groups in total. The van der Waals surface area contributed by atoms with Crippen molar-refractivity contribution in [1.29, 1.82) is 0 Å². The highest BCUT2D eigenvalue weighted by Crippen LogP contribution is 2.42. The van der Waals surface area contributed by atoms with Crippen molar-refractivity contribution in [2.24, 2.45) is 5.92 Å². The van der Waals surface area contributed by atoms with Crippen LogP contribution in [0, 0.1) is 5.92 Å². The molecule has 3 rings (SSSR count). The second-order valence-corrected chi connectivity index (χ2v) is 15.1. The maximum absolute atomic E-state index is 12.3. The van der Waals surface area contributed by atoms with Gasteiger partial charge in [0.1, 0.15) is 5.60 Å². The molecule has 0 saturated carbocycles. The van der Waals surface area contributed by atoms with Gasteiger partial charge in [0.2, 0.25) is 0 Å². The van der Waals surface area contributed by atoms with E-state index >= 15 is 0 Å². The molecule has 4 nitrogen and oxygen atoms in total. The van der Waals surface area contributed by atoms with Crippen LogP contribution < -0.4 is 0 Å². The fourth-order valence-electron chi connectivity index (χ4n) is 4.51. The summed E-state index contributed by atoms with van der Waals surface area (Å²) in [6.07, 6.45) is 6.36. The van der Waals surface area contributed by atoms with Crippen LogP contribution in [0.3, 0.4) is 0 Å². The maximum atomic E-state index is 12.3. The summed E-state index contributed by atoms with van der Waals surface area (Å²) in [7, 11) is -1.52. The lowest BCUT2D eigenvalue weighted by molar-refractivity contribution is 0.0524. The predicted molar refractivity (Wildman–Crippen MR) is 121 cm³/mol. The second-order valence-electron chi connectivity index (χ2n) is 9.95. The number of hydrogen-bond acceptors (Lipinski definition) is 3. The minimum Gasteiger partial charge on any atom is -0.441 e. The third kappa shape index (κ3) is 5.52. The van der Waals surface area contributed by atoms with Crippen molar-refractivity contribution in [2.45, 2.75) is 77.4 Å². The van der Waals surface area contributed by atoms with Crippen molar-refractivity contribution in [2.75, 3.05) is 13.2 Å². The van der Waals surface area contributed by atoms with Gasteiger partial charge < -0.3 is 14.4 Å². The first kappa shape index (κ1) is 22.1. The van der Waals surface area contributed by atoms with E-state index in [4.69, 9.17) is 9.47 Å². The largest absolute Gasteiger partial charge is 0.441 e. The molecule has 2 saturated heterocycles. The van der Waals surface area contributed by atoms with E-state index in [1.807, 2.05) is 23.1 Å². The Morgan fingerprint density at radius 3 is 2.76 bits per heavy atom. The molecule has 2 fully saturated rings. The second kappa shape index (κ2) is 9.05. The number of hydrogen-bond donors (Lipinski definition) is 0. The van der Waals surface area contributed by atoms with Crippen molar-refractivity contribution in [1.82, 2.24) is 4.90 Å². The van der Waals surface area contributed by atoms with Gasteiger partial charge >= 0.3 is 6.09 Å². The molecule has 0 aromatic heterocycles. The highest BCUT2D eigenvalue weighted by Gasteiger charge is 2.53. The van der Waals surface area contributed by atoms with Gasteiger partial charge in [-0.2, -0.15) is 0 Å². The molecule has 2 heterocycles. The van der Waals surface area contributed by atoms with Crippen LogP contribution in [0.2, 0.25) is 19.6 Å². The standard InChI is InChI=1S/C24H37NO3Si/c1-19(13-15-27-18-20-10-7-6-8-11-20)16-21(29(3,4)5)17-24(2)22-12-9-14-25(22)23(26)28-24/h6-8,10-11,16,19,22H,9,12-15,17-18H2,1-5H3/t19-,22+,24+/m1/s1. The van der Waals surface area contributed by atoms with Crippen LogP contribution in [0.25, 0.3) is 0 Å². The van der Waals surface area contributed by atoms with Crippen LogP contribution in [-0.2, 0) is 16.1 Å². The van der Waals surface area contributed by atoms with Gasteiger partial charge in [-0.15, -0.1) is 0 Å². The summed E-state index contributed by atoms with van der Waals surface area (Å²) in [5.74, 6) is 0.452. The zero-order chi connectivity index (χ0) is 21.1. The number of allylic oxidation sites excluding steroid dienone is 1. The third-order valence-corrected chi connectivity index (χ3v) is 8.60. The molecule has 0 unspecified atom stereocenters. The van der Waals surface area contributed by atoms with E-state index in [2.05, 4.69) is 51.7 Å². The molecule has 0 radical (unpaired) electrons. The number of nitrogens with zero attached hydrogens (tertiary/aromatic N) is 1.